The fourth-order valence-corrected chi connectivity index (χ4v) is 2.18. The molecule has 0 fully saturated rings. The molecule has 0 amide bonds. The molecule has 0 aromatic heterocycles. The molecule has 0 unspecified atom stereocenters. The van der Waals surface area contributed by atoms with Crippen LogP contribution in [0.1, 0.15) is 31.1 Å². The number of hydrogen-bond donors (Lipinski definition) is 12. The topological polar surface area (TPSA) is 325 Å². The Bertz CT molecular complexity index is 1090. The molecule has 3 aromatic rings. The number of aromatic hydroxyl groups is 9. The van der Waals surface area contributed by atoms with Crippen molar-refractivity contribution in [2.24, 2.45) is 0 Å². The first-order chi connectivity index (χ1) is 16.6. The second-order valence-electron chi connectivity index (χ2n) is 6.50. The van der Waals surface area contributed by atoms with Gasteiger partial charge in [-0.1, -0.05) is 0 Å². The van der Waals surface area contributed by atoms with Crippen molar-refractivity contribution in [1.82, 2.24) is 0 Å². The van der Waals surface area contributed by atoms with Crippen LogP contribution in [0, 0.1) is 0 Å². The van der Waals surface area contributed by atoms with E-state index in [1.807, 2.05) is 0 Å². The van der Waals surface area contributed by atoms with Crippen molar-refractivity contribution >= 4 is 37.7 Å². The average Bonchev–Trinajstić information content (AvgIpc) is 2.79. The van der Waals surface area contributed by atoms with Crippen molar-refractivity contribution < 1.29 is 81.1 Å². The number of carboxylic acids is 3. The van der Waals surface area contributed by atoms with E-state index in [0.29, 0.717) is 0 Å². The van der Waals surface area contributed by atoms with Crippen molar-refractivity contribution in [2.45, 2.75) is 0 Å². The van der Waals surface area contributed by atoms with E-state index in [9.17, 15) is 14.4 Å². The van der Waals surface area contributed by atoms with Crippen LogP contribution >= 0.6 is 0 Å². The first-order valence-electron chi connectivity index (χ1n) is 9.01. The molecule has 17 heteroatoms. The summed E-state index contributed by atoms with van der Waals surface area (Å²) in [5.74, 6) is -10.00. The summed E-state index contributed by atoms with van der Waals surface area (Å²) in [6.07, 6.45) is 0. The molecule has 0 radical (unpaired) electrons. The monoisotopic (exact) mass is 600 g/mol. The minimum atomic E-state index is -1.29. The van der Waals surface area contributed by atoms with Gasteiger partial charge >= 0.3 is 37.7 Å². The van der Waals surface area contributed by atoms with Gasteiger partial charge in [0.1, 0.15) is 0 Å². The molecule has 16 nitrogen and oxygen atoms in total. The molecule has 0 bridgehead atoms. The Morgan fingerprint density at radius 1 is 0.395 bits per heavy atom. The molecule has 0 saturated carbocycles. The van der Waals surface area contributed by atoms with Gasteiger partial charge < -0.3 is 66.8 Å². The van der Waals surface area contributed by atoms with Gasteiger partial charge in [0.15, 0.2) is 51.7 Å². The van der Waals surface area contributed by atoms with Gasteiger partial charge in [0.25, 0.3) is 0 Å². The molecule has 0 spiro atoms. The molecule has 0 heterocycles. The Labute approximate surface area is 223 Å². The Kier molecular flexibility index (Phi) is 13.3. The number of aromatic carboxylic acids is 3. The van der Waals surface area contributed by atoms with Crippen molar-refractivity contribution in [3.05, 3.63) is 53.1 Å². The van der Waals surface area contributed by atoms with E-state index in [0.717, 1.165) is 36.4 Å². The molecule has 3 rings (SSSR count). The summed E-state index contributed by atoms with van der Waals surface area (Å²) in [6.45, 7) is 0. The summed E-state index contributed by atoms with van der Waals surface area (Å²) in [5.41, 5.74) is -0.867. The van der Waals surface area contributed by atoms with E-state index < -0.39 is 69.7 Å². The first kappa shape index (κ1) is 35.0. The summed E-state index contributed by atoms with van der Waals surface area (Å²) in [6, 6.07) is 5.07. The van der Waals surface area contributed by atoms with Crippen LogP contribution in [-0.2, 0) is 0 Å². The third-order valence-electron chi connectivity index (χ3n) is 3.95. The zero-order valence-electron chi connectivity index (χ0n) is 18.1. The van der Waals surface area contributed by atoms with E-state index in [4.69, 9.17) is 61.3 Å². The number of phenols is 9. The van der Waals surface area contributed by atoms with Gasteiger partial charge in [-0.25, -0.2) is 14.4 Å². The molecular formula is C21H23GaO16. The normalized spacial score (nSPS) is 9.16. The number of phenolic OH excluding ortho intramolecular Hbond substituents is 9. The number of carbonyl (C=O) groups is 3. The van der Waals surface area contributed by atoms with E-state index in [2.05, 4.69) is 0 Å². The minimum absolute atomic E-state index is 0. The Morgan fingerprint density at radius 3 is 0.632 bits per heavy atom. The Morgan fingerprint density at radius 2 is 0.526 bits per heavy atom. The maximum absolute atomic E-state index is 10.3. The van der Waals surface area contributed by atoms with Crippen molar-refractivity contribution in [3.8, 4) is 51.7 Å². The molecule has 0 atom stereocenters. The van der Waals surface area contributed by atoms with E-state index >= 15 is 0 Å². The van der Waals surface area contributed by atoms with Gasteiger partial charge in [-0.15, -0.1) is 0 Å². The van der Waals surface area contributed by atoms with Gasteiger partial charge in [-0.05, 0) is 36.4 Å². The predicted molar refractivity (Wildman–Crippen MR) is 129 cm³/mol. The summed E-state index contributed by atoms with van der Waals surface area (Å²) in [7, 11) is 0. The van der Waals surface area contributed by atoms with Crippen LogP contribution in [0.15, 0.2) is 36.4 Å². The Hall–Kier alpha value is -5.13. The molecule has 3 aromatic carbocycles. The maximum atomic E-state index is 10.3. The zero-order valence-corrected chi connectivity index (χ0v) is 18.1. The number of hydrogen-bond acceptors (Lipinski definition) is 12. The van der Waals surface area contributed by atoms with Crippen LogP contribution in [-0.4, -0.2) is 104 Å². The number of rotatable bonds is 3. The fraction of sp³-hybridized carbons (Fsp3) is 0. The molecule has 38 heavy (non-hydrogen) atoms. The fourth-order valence-electron chi connectivity index (χ4n) is 2.18. The van der Waals surface area contributed by atoms with Gasteiger partial charge in [0.05, 0.1) is 16.7 Å². The number of carboxylic acid groups (broad SMARTS) is 3. The molecule has 206 valence electrons. The summed E-state index contributed by atoms with van der Waals surface area (Å²) in [4.78, 5) is 30.9. The zero-order chi connectivity index (χ0) is 27.9. The van der Waals surface area contributed by atoms with Gasteiger partial charge in [0, 0.05) is 0 Å². The van der Waals surface area contributed by atoms with Crippen LogP contribution in [0.5, 0.6) is 51.7 Å². The van der Waals surface area contributed by atoms with Gasteiger partial charge in [-0.2, -0.15) is 0 Å². The number of benzene rings is 3. The summed E-state index contributed by atoms with van der Waals surface area (Å²) < 4.78 is 0. The van der Waals surface area contributed by atoms with Crippen LogP contribution in [0.3, 0.4) is 0 Å². The van der Waals surface area contributed by atoms with Crippen molar-refractivity contribution in [1.29, 1.82) is 0 Å². The molecule has 0 saturated heterocycles. The van der Waals surface area contributed by atoms with Crippen LogP contribution in [0.2, 0.25) is 0 Å². The molecule has 0 aliphatic rings. The second kappa shape index (κ2) is 14.4. The molecular weight excluding hydrogens is 578 g/mol. The SMILES string of the molecule is O.O=C(O)c1cc(O)c(O)c(O)c1.O=C(O)c1cc(O)c(O)c(O)c1.O=C(O)c1cc(O)c(O)c(O)c1.[GaH3]. The predicted octanol–water partition coefficient (Wildman–Crippen LogP) is -0.504. The standard InChI is InChI=1S/3C7H6O5.Ga.H2O.3H/c3*8-4-1-3(7(11)12)2-5(9)6(4)10;;;;;/h3*1-2,8-10H,(H,11,12);;1H2;;;. The van der Waals surface area contributed by atoms with Gasteiger partial charge in [0.2, 0.25) is 0 Å². The molecule has 0 aliphatic carbocycles. The van der Waals surface area contributed by atoms with E-state index in [1.54, 1.807) is 0 Å². The Balaban J connectivity index is 0. The van der Waals surface area contributed by atoms with Crippen molar-refractivity contribution in [3.63, 3.8) is 0 Å². The van der Waals surface area contributed by atoms with Crippen LogP contribution in [0.25, 0.3) is 0 Å². The third kappa shape index (κ3) is 9.15. The third-order valence-corrected chi connectivity index (χ3v) is 3.95. The van der Waals surface area contributed by atoms with Crippen molar-refractivity contribution in [2.75, 3.05) is 0 Å². The second-order valence-corrected chi connectivity index (χ2v) is 6.50. The summed E-state index contributed by atoms with van der Waals surface area (Å²) in [5, 5.41) is 105. The van der Waals surface area contributed by atoms with Gasteiger partial charge in [-0.3, -0.25) is 0 Å². The average molecular weight is 601 g/mol. The quantitative estimate of drug-likeness (QED) is 0.133. The summed E-state index contributed by atoms with van der Waals surface area (Å²) >= 11 is 0. The molecule has 14 N–H and O–H groups in total. The van der Waals surface area contributed by atoms with Crippen LogP contribution < -0.4 is 0 Å². The first-order valence-corrected chi connectivity index (χ1v) is 9.01. The molecule has 0 aliphatic heterocycles. The van der Waals surface area contributed by atoms with E-state index in [1.165, 1.54) is 0 Å². The van der Waals surface area contributed by atoms with Crippen LogP contribution in [0.4, 0.5) is 0 Å². The van der Waals surface area contributed by atoms with E-state index in [-0.39, 0.29) is 42.0 Å².